The molecule has 118 valence electrons. The molecule has 0 unspecified atom stereocenters. The molecule has 2 aromatic carbocycles. The minimum absolute atomic E-state index is 0.140. The van der Waals surface area contributed by atoms with Crippen molar-refractivity contribution in [2.75, 3.05) is 0 Å². The van der Waals surface area contributed by atoms with Crippen LogP contribution in [-0.4, -0.2) is 24.8 Å². The normalized spacial score (nSPS) is 14.5. The first-order chi connectivity index (χ1) is 10.8. The Kier molecular flexibility index (Phi) is 4.05. The van der Waals surface area contributed by atoms with E-state index in [-0.39, 0.29) is 5.78 Å². The van der Waals surface area contributed by atoms with Gasteiger partial charge >= 0.3 is 141 Å². The van der Waals surface area contributed by atoms with E-state index in [4.69, 9.17) is 4.99 Å². The van der Waals surface area contributed by atoms with E-state index in [1.54, 1.807) is 0 Å². The number of carbonyl (C=O) groups is 1. The maximum atomic E-state index is 12.7. The van der Waals surface area contributed by atoms with Crippen molar-refractivity contribution in [2.24, 2.45) is 4.99 Å². The van der Waals surface area contributed by atoms with Crippen LogP contribution in [-0.2, 0) is 11.2 Å². The Morgan fingerprint density at radius 1 is 1.00 bits per heavy atom. The monoisotopic (exact) mass is 367 g/mol. The molecule has 23 heavy (non-hydrogen) atoms. The van der Waals surface area contributed by atoms with Crippen LogP contribution in [0.25, 0.3) is 0 Å². The van der Waals surface area contributed by atoms with E-state index >= 15 is 0 Å². The summed E-state index contributed by atoms with van der Waals surface area (Å²) in [5, 5.41) is 0. The molecule has 3 heteroatoms. The number of benzene rings is 2. The third-order valence-electron chi connectivity index (χ3n) is 4.29. The van der Waals surface area contributed by atoms with E-state index in [1.807, 2.05) is 6.07 Å². The van der Waals surface area contributed by atoms with E-state index in [9.17, 15) is 4.79 Å². The Hall–Kier alpha value is -1.68. The fourth-order valence-corrected chi connectivity index (χ4v) is 6.94. The standard InChI is InChI=1S/C20H23GeNO/c1-13-9-14(2)11-15(10-13)20-19(23)12-16-17(21(3,4)5)7-6-8-18(16)22-20/h6-11H,12H2,1-5H3. The van der Waals surface area contributed by atoms with Gasteiger partial charge in [-0.05, 0) is 0 Å². The summed E-state index contributed by atoms with van der Waals surface area (Å²) in [7, 11) is 0. The van der Waals surface area contributed by atoms with Crippen LogP contribution in [0, 0.1) is 13.8 Å². The van der Waals surface area contributed by atoms with E-state index in [1.165, 1.54) is 15.5 Å². The second kappa shape index (κ2) is 5.75. The summed E-state index contributed by atoms with van der Waals surface area (Å²) in [6.45, 7) is 4.12. The average molecular weight is 366 g/mol. The quantitative estimate of drug-likeness (QED) is 0.737. The van der Waals surface area contributed by atoms with Crippen LogP contribution in [0.5, 0.6) is 0 Å². The number of ketones is 1. The summed E-state index contributed by atoms with van der Waals surface area (Å²) in [5.74, 6) is 7.23. The van der Waals surface area contributed by atoms with Gasteiger partial charge in [0.25, 0.3) is 0 Å². The van der Waals surface area contributed by atoms with E-state index < -0.39 is 13.3 Å². The average Bonchev–Trinajstić information content (AvgIpc) is 2.43. The first-order valence-corrected chi connectivity index (χ1v) is 15.4. The first kappa shape index (κ1) is 16.2. The molecular formula is C20H23GeNO. The summed E-state index contributed by atoms with van der Waals surface area (Å²) in [6, 6.07) is 12.6. The molecule has 3 rings (SSSR count). The van der Waals surface area contributed by atoms with Crippen molar-refractivity contribution in [3.63, 3.8) is 0 Å². The van der Waals surface area contributed by atoms with Gasteiger partial charge in [0.1, 0.15) is 0 Å². The maximum absolute atomic E-state index is 12.7. The number of rotatable bonds is 2. The van der Waals surface area contributed by atoms with Crippen LogP contribution in [0.4, 0.5) is 5.69 Å². The van der Waals surface area contributed by atoms with Gasteiger partial charge in [0.2, 0.25) is 0 Å². The molecule has 0 saturated carbocycles. The molecule has 0 aliphatic carbocycles. The van der Waals surface area contributed by atoms with Crippen molar-refractivity contribution < 1.29 is 4.79 Å². The number of nitrogens with zero attached hydrogens (tertiary/aromatic N) is 1. The van der Waals surface area contributed by atoms with Gasteiger partial charge < -0.3 is 0 Å². The van der Waals surface area contributed by atoms with Crippen molar-refractivity contribution in [1.82, 2.24) is 0 Å². The Bertz CT molecular complexity index is 808. The van der Waals surface area contributed by atoms with Crippen LogP contribution >= 0.6 is 0 Å². The van der Waals surface area contributed by atoms with E-state index in [0.29, 0.717) is 12.1 Å². The summed E-state index contributed by atoms with van der Waals surface area (Å²) in [6.07, 6.45) is 0.486. The van der Waals surface area contributed by atoms with Gasteiger partial charge in [-0.3, -0.25) is 0 Å². The van der Waals surface area contributed by atoms with Crippen molar-refractivity contribution >= 4 is 34.8 Å². The molecule has 0 atom stereocenters. The molecule has 1 aliphatic rings. The van der Waals surface area contributed by atoms with Gasteiger partial charge in [-0.25, -0.2) is 0 Å². The SMILES string of the molecule is Cc1cc(C)cc(C2=Nc3ccc[c]([Ge]([CH3])([CH3])[CH3])c3CC2=O)c1. The second-order valence-electron chi connectivity index (χ2n) is 7.49. The number of aliphatic imine (C=N–C) groups is 1. The molecule has 0 amide bonds. The zero-order valence-corrected chi connectivity index (χ0v) is 16.6. The summed E-state index contributed by atoms with van der Waals surface area (Å²) in [5.41, 5.74) is 6.04. The zero-order valence-electron chi connectivity index (χ0n) is 14.5. The van der Waals surface area contributed by atoms with Crippen molar-refractivity contribution in [3.8, 4) is 0 Å². The Morgan fingerprint density at radius 2 is 1.65 bits per heavy atom. The summed E-state index contributed by atoms with van der Waals surface area (Å²) < 4.78 is 1.40. The predicted octanol–water partition coefficient (Wildman–Crippen LogP) is 4.09. The number of hydrogen-bond donors (Lipinski definition) is 0. The molecule has 0 aromatic heterocycles. The topological polar surface area (TPSA) is 29.4 Å². The Balaban J connectivity index is 2.16. The molecule has 0 saturated heterocycles. The Labute approximate surface area is 141 Å². The molecule has 0 spiro atoms. The van der Waals surface area contributed by atoms with Gasteiger partial charge in [-0.1, -0.05) is 0 Å². The van der Waals surface area contributed by atoms with Crippen LogP contribution in [0.2, 0.25) is 17.3 Å². The molecule has 0 fully saturated rings. The van der Waals surface area contributed by atoms with Crippen molar-refractivity contribution in [2.45, 2.75) is 37.5 Å². The summed E-state index contributed by atoms with van der Waals surface area (Å²) in [4.78, 5) is 17.5. The van der Waals surface area contributed by atoms with Crippen LogP contribution in [0.1, 0.15) is 22.3 Å². The van der Waals surface area contributed by atoms with Gasteiger partial charge in [0.15, 0.2) is 0 Å². The van der Waals surface area contributed by atoms with Gasteiger partial charge in [-0.2, -0.15) is 0 Å². The molecule has 1 heterocycles. The number of aryl methyl sites for hydroxylation is 2. The van der Waals surface area contributed by atoms with Gasteiger partial charge in [0.05, 0.1) is 0 Å². The fraction of sp³-hybridized carbons (Fsp3) is 0.300. The predicted molar refractivity (Wildman–Crippen MR) is 100 cm³/mol. The molecular weight excluding hydrogens is 343 g/mol. The second-order valence-corrected chi connectivity index (χ2v) is 18.1. The van der Waals surface area contributed by atoms with Gasteiger partial charge in [0, 0.05) is 0 Å². The fourth-order valence-electron chi connectivity index (χ4n) is 3.33. The van der Waals surface area contributed by atoms with Crippen LogP contribution < -0.4 is 4.40 Å². The number of hydrogen-bond acceptors (Lipinski definition) is 2. The summed E-state index contributed by atoms with van der Waals surface area (Å²) >= 11 is -2.01. The molecule has 2 aromatic rings. The molecule has 0 N–H and O–H groups in total. The number of Topliss-reactive ketones (excluding diaryl/α,β-unsaturated/α-hetero) is 1. The van der Waals surface area contributed by atoms with Gasteiger partial charge in [-0.15, -0.1) is 0 Å². The van der Waals surface area contributed by atoms with E-state index in [2.05, 4.69) is 61.4 Å². The van der Waals surface area contributed by atoms with Crippen LogP contribution in [0.15, 0.2) is 41.4 Å². The zero-order chi connectivity index (χ0) is 16.8. The molecule has 0 bridgehead atoms. The van der Waals surface area contributed by atoms with Crippen LogP contribution in [0.3, 0.4) is 0 Å². The number of carbonyl (C=O) groups excluding carboxylic acids is 1. The molecule has 0 radical (unpaired) electrons. The molecule has 1 aliphatic heterocycles. The van der Waals surface area contributed by atoms with E-state index in [0.717, 1.165) is 16.8 Å². The van der Waals surface area contributed by atoms with Crippen molar-refractivity contribution in [1.29, 1.82) is 0 Å². The first-order valence-electron chi connectivity index (χ1n) is 8.08. The molecule has 2 nitrogen and oxygen atoms in total. The third kappa shape index (κ3) is 3.18. The third-order valence-corrected chi connectivity index (χ3v) is 8.66. The Morgan fingerprint density at radius 3 is 2.26 bits per heavy atom. The van der Waals surface area contributed by atoms with Crippen molar-refractivity contribution in [3.05, 3.63) is 58.7 Å². The number of fused-ring (bicyclic) bond motifs is 1. The minimum atomic E-state index is -2.01.